The van der Waals surface area contributed by atoms with Crippen molar-refractivity contribution in [3.63, 3.8) is 0 Å². The number of anilines is 4. The van der Waals surface area contributed by atoms with E-state index in [1.54, 1.807) is 31.2 Å². The second-order valence-corrected chi connectivity index (χ2v) is 10.3. The molecule has 5 rings (SSSR count). The lowest BCUT2D eigenvalue weighted by Gasteiger charge is -2.33. The molecule has 2 aromatic carbocycles. The molecule has 2 aliphatic heterocycles. The second-order valence-electron chi connectivity index (χ2n) is 10.3. The first kappa shape index (κ1) is 28.7. The number of hydrogen-bond donors (Lipinski definition) is 4. The molecule has 0 unspecified atom stereocenters. The molecular weight excluding hydrogens is 540 g/mol. The summed E-state index contributed by atoms with van der Waals surface area (Å²) in [6.45, 7) is 7.22. The molecule has 2 saturated heterocycles. The molecule has 2 aliphatic rings. The number of benzene rings is 2. The van der Waals surface area contributed by atoms with Gasteiger partial charge in [-0.2, -0.15) is 15.0 Å². The summed E-state index contributed by atoms with van der Waals surface area (Å²) >= 11 is 0. The van der Waals surface area contributed by atoms with Crippen LogP contribution in [0.4, 0.5) is 28.1 Å². The Morgan fingerprint density at radius 3 is 2.05 bits per heavy atom. The summed E-state index contributed by atoms with van der Waals surface area (Å²) in [6, 6.07) is 11.5. The lowest BCUT2D eigenvalue weighted by atomic mass is 10.1. The molecule has 4 N–H and O–H groups in total. The number of morpholine rings is 1. The smallest absolute Gasteiger partial charge is 0.335 e. The molecule has 1 aromatic heterocycles. The standard InChI is InChI=1S/C29H34N8O5/c1-18-17-23(7-8-24(18)26(39)40)32-29(41)31-21-5-3-20(4-6-21)25-33-27(35-28(34-25)37-13-15-42-16-14-37)36-11-9-22(10-12-36)30-19(2)38/h3-8,17,22H,9-16H2,1-2H3,(H,30,38)(H,39,40)(H2,31,32,41). The number of nitrogens with zero attached hydrogens (tertiary/aromatic N) is 5. The number of urea groups is 1. The minimum absolute atomic E-state index is 0.0228. The Morgan fingerprint density at radius 1 is 0.857 bits per heavy atom. The van der Waals surface area contributed by atoms with Gasteiger partial charge < -0.3 is 35.6 Å². The van der Waals surface area contributed by atoms with Crippen molar-refractivity contribution in [1.29, 1.82) is 0 Å². The van der Waals surface area contributed by atoms with Crippen molar-refractivity contribution >= 4 is 41.2 Å². The molecule has 0 bridgehead atoms. The first-order valence-corrected chi connectivity index (χ1v) is 13.9. The van der Waals surface area contributed by atoms with Crippen molar-refractivity contribution < 1.29 is 24.2 Å². The van der Waals surface area contributed by atoms with Crippen LogP contribution in [-0.4, -0.2) is 83.4 Å². The molecule has 220 valence electrons. The zero-order valence-corrected chi connectivity index (χ0v) is 23.6. The van der Waals surface area contributed by atoms with Gasteiger partial charge in [-0.1, -0.05) is 0 Å². The van der Waals surface area contributed by atoms with Gasteiger partial charge in [0.05, 0.1) is 18.8 Å². The highest BCUT2D eigenvalue weighted by Gasteiger charge is 2.24. The summed E-state index contributed by atoms with van der Waals surface area (Å²) < 4.78 is 5.51. The summed E-state index contributed by atoms with van der Waals surface area (Å²) in [5.74, 6) is 0.667. The highest BCUT2D eigenvalue weighted by molar-refractivity contribution is 6.00. The highest BCUT2D eigenvalue weighted by Crippen LogP contribution is 2.25. The monoisotopic (exact) mass is 574 g/mol. The average Bonchev–Trinajstić information content (AvgIpc) is 2.97. The van der Waals surface area contributed by atoms with Crippen LogP contribution >= 0.6 is 0 Å². The number of nitrogens with one attached hydrogen (secondary N) is 3. The first-order chi connectivity index (χ1) is 20.2. The number of amides is 3. The summed E-state index contributed by atoms with van der Waals surface area (Å²) in [6.07, 6.45) is 1.61. The third-order valence-corrected chi connectivity index (χ3v) is 7.21. The Kier molecular flexibility index (Phi) is 8.77. The van der Waals surface area contributed by atoms with Crippen LogP contribution in [-0.2, 0) is 9.53 Å². The molecule has 0 spiro atoms. The van der Waals surface area contributed by atoms with E-state index in [2.05, 4.69) is 25.8 Å². The van der Waals surface area contributed by atoms with Crippen molar-refractivity contribution in [2.45, 2.75) is 32.7 Å². The van der Waals surface area contributed by atoms with Gasteiger partial charge in [-0.15, -0.1) is 0 Å². The van der Waals surface area contributed by atoms with Crippen molar-refractivity contribution in [2.75, 3.05) is 59.8 Å². The highest BCUT2D eigenvalue weighted by atomic mass is 16.5. The number of hydrogen-bond acceptors (Lipinski definition) is 9. The number of carbonyl (C=O) groups excluding carboxylic acids is 2. The molecule has 13 heteroatoms. The molecule has 0 atom stereocenters. The zero-order valence-electron chi connectivity index (χ0n) is 23.6. The number of aromatic nitrogens is 3. The minimum atomic E-state index is -1.02. The van der Waals surface area contributed by atoms with Gasteiger partial charge in [-0.05, 0) is 67.8 Å². The molecular formula is C29H34N8O5. The quantitative estimate of drug-likeness (QED) is 0.330. The fourth-order valence-corrected chi connectivity index (χ4v) is 5.02. The second kappa shape index (κ2) is 12.8. The number of carboxylic acid groups (broad SMARTS) is 1. The summed E-state index contributed by atoms with van der Waals surface area (Å²) in [5.41, 5.74) is 2.56. The normalized spacial score (nSPS) is 15.7. The maximum Gasteiger partial charge on any atom is 0.335 e. The van der Waals surface area contributed by atoms with Crippen LogP contribution in [0, 0.1) is 6.92 Å². The Labute approximate surface area is 243 Å². The van der Waals surface area contributed by atoms with Gasteiger partial charge >= 0.3 is 12.0 Å². The average molecular weight is 575 g/mol. The van der Waals surface area contributed by atoms with Crippen LogP contribution in [0.15, 0.2) is 42.5 Å². The van der Waals surface area contributed by atoms with E-state index in [0.717, 1.165) is 18.4 Å². The van der Waals surface area contributed by atoms with Crippen molar-refractivity contribution in [3.05, 3.63) is 53.6 Å². The van der Waals surface area contributed by atoms with Crippen molar-refractivity contribution in [3.8, 4) is 11.4 Å². The summed E-state index contributed by atoms with van der Waals surface area (Å²) in [7, 11) is 0. The van der Waals surface area contributed by atoms with Crippen molar-refractivity contribution in [1.82, 2.24) is 20.3 Å². The van der Waals surface area contributed by atoms with Crippen LogP contribution in [0.2, 0.25) is 0 Å². The number of piperidine rings is 1. The van der Waals surface area contributed by atoms with E-state index in [0.29, 0.717) is 74.1 Å². The molecule has 0 aliphatic carbocycles. The molecule has 3 aromatic rings. The van der Waals surface area contributed by atoms with Gasteiger partial charge in [0.2, 0.25) is 17.8 Å². The lowest BCUT2D eigenvalue weighted by molar-refractivity contribution is -0.119. The Balaban J connectivity index is 1.30. The third-order valence-electron chi connectivity index (χ3n) is 7.21. The molecule has 0 saturated carbocycles. The number of rotatable bonds is 7. The Hall–Kier alpha value is -4.78. The number of carbonyl (C=O) groups is 3. The molecule has 2 fully saturated rings. The zero-order chi connectivity index (χ0) is 29.6. The Bertz CT molecular complexity index is 1450. The van der Waals surface area contributed by atoms with Gasteiger partial charge in [-0.25, -0.2) is 9.59 Å². The fraction of sp³-hybridized carbons (Fsp3) is 0.379. The van der Waals surface area contributed by atoms with Crippen LogP contribution < -0.4 is 25.8 Å². The molecule has 13 nitrogen and oxygen atoms in total. The Morgan fingerprint density at radius 2 is 1.45 bits per heavy atom. The number of aromatic carboxylic acids is 1. The van der Waals surface area contributed by atoms with Gasteiger partial charge in [0.1, 0.15) is 0 Å². The largest absolute Gasteiger partial charge is 0.478 e. The van der Waals surface area contributed by atoms with Gasteiger partial charge in [0, 0.05) is 56.1 Å². The lowest BCUT2D eigenvalue weighted by Crippen LogP contribution is -2.45. The predicted molar refractivity (Wildman–Crippen MR) is 158 cm³/mol. The SMILES string of the molecule is CC(=O)NC1CCN(c2nc(-c3ccc(NC(=O)Nc4ccc(C(=O)O)c(C)c4)cc3)nc(N3CCOCC3)n2)CC1. The van der Waals surface area contributed by atoms with E-state index >= 15 is 0 Å². The van der Waals surface area contributed by atoms with E-state index in [9.17, 15) is 19.5 Å². The van der Waals surface area contributed by atoms with Crippen LogP contribution in [0.3, 0.4) is 0 Å². The maximum absolute atomic E-state index is 12.6. The molecule has 0 radical (unpaired) electrons. The van der Waals surface area contributed by atoms with Crippen molar-refractivity contribution in [2.24, 2.45) is 0 Å². The van der Waals surface area contributed by atoms with E-state index < -0.39 is 12.0 Å². The van der Waals surface area contributed by atoms with E-state index in [-0.39, 0.29) is 17.5 Å². The predicted octanol–water partition coefficient (Wildman–Crippen LogP) is 3.13. The van der Waals surface area contributed by atoms with Gasteiger partial charge in [-0.3, -0.25) is 4.79 Å². The van der Waals surface area contributed by atoms with E-state index in [1.807, 2.05) is 12.1 Å². The molecule has 3 heterocycles. The topological polar surface area (TPSA) is 162 Å². The summed E-state index contributed by atoms with van der Waals surface area (Å²) in [5, 5.41) is 17.7. The number of aryl methyl sites for hydroxylation is 1. The van der Waals surface area contributed by atoms with Crippen LogP contribution in [0.25, 0.3) is 11.4 Å². The van der Waals surface area contributed by atoms with Crippen LogP contribution in [0.5, 0.6) is 0 Å². The maximum atomic E-state index is 12.6. The number of ether oxygens (including phenoxy) is 1. The van der Waals surface area contributed by atoms with E-state index in [1.165, 1.54) is 13.0 Å². The third kappa shape index (κ3) is 7.10. The summed E-state index contributed by atoms with van der Waals surface area (Å²) in [4.78, 5) is 53.9. The number of carboxylic acids is 1. The van der Waals surface area contributed by atoms with Gasteiger partial charge in [0.15, 0.2) is 5.82 Å². The van der Waals surface area contributed by atoms with Gasteiger partial charge in [0.25, 0.3) is 0 Å². The van der Waals surface area contributed by atoms with E-state index in [4.69, 9.17) is 19.7 Å². The fourth-order valence-electron chi connectivity index (χ4n) is 5.02. The minimum Gasteiger partial charge on any atom is -0.478 e. The molecule has 42 heavy (non-hydrogen) atoms. The van der Waals surface area contributed by atoms with Crippen LogP contribution in [0.1, 0.15) is 35.7 Å². The molecule has 3 amide bonds. The first-order valence-electron chi connectivity index (χ1n) is 13.9.